The lowest BCUT2D eigenvalue weighted by Crippen LogP contribution is -2.47. The Kier molecular flexibility index (Phi) is 2.67. The first-order valence-corrected chi connectivity index (χ1v) is 6.08. The van der Waals surface area contributed by atoms with E-state index < -0.39 is 5.54 Å². The monoisotopic (exact) mass is 302 g/mol. The second-order valence-corrected chi connectivity index (χ2v) is 5.68. The number of aryl methyl sites for hydroxylation is 1. The van der Waals surface area contributed by atoms with Crippen LogP contribution in [-0.2, 0) is 4.79 Å². The van der Waals surface area contributed by atoms with Crippen LogP contribution in [0.25, 0.3) is 0 Å². The lowest BCUT2D eigenvalue weighted by molar-refractivity contribution is -0.119. The van der Waals surface area contributed by atoms with Crippen molar-refractivity contribution in [2.45, 2.75) is 26.3 Å². The molecule has 0 unspecified atom stereocenters. The molecule has 0 aromatic heterocycles. The van der Waals surface area contributed by atoms with Gasteiger partial charge >= 0.3 is 0 Å². The van der Waals surface area contributed by atoms with E-state index in [-0.39, 0.29) is 5.91 Å². The largest absolute Gasteiger partial charge is 0.369 e. The van der Waals surface area contributed by atoms with Crippen LogP contribution in [-0.4, -0.2) is 11.4 Å². The van der Waals surface area contributed by atoms with Gasteiger partial charge in [0, 0.05) is 4.47 Å². The predicted octanol–water partition coefficient (Wildman–Crippen LogP) is 3.55. The number of rotatable bonds is 0. The topological polar surface area (TPSA) is 41.1 Å². The molecule has 1 aromatic carbocycles. The van der Waals surface area contributed by atoms with E-state index in [4.69, 9.17) is 11.6 Å². The highest BCUT2D eigenvalue weighted by Gasteiger charge is 2.35. The fraction of sp³-hybridized carbons (Fsp3) is 0.364. The first-order chi connectivity index (χ1) is 7.33. The number of benzene rings is 1. The molecule has 1 aliphatic rings. The Morgan fingerprint density at radius 3 is 2.62 bits per heavy atom. The Balaban J connectivity index is 2.64. The highest BCUT2D eigenvalue weighted by Crippen LogP contribution is 2.42. The average molecular weight is 304 g/mol. The van der Waals surface area contributed by atoms with Gasteiger partial charge in [0.15, 0.2) is 0 Å². The molecule has 1 aromatic rings. The van der Waals surface area contributed by atoms with Crippen LogP contribution in [0.5, 0.6) is 0 Å². The summed E-state index contributed by atoms with van der Waals surface area (Å²) in [6.07, 6.45) is 0. The number of carbonyl (C=O) groups is 1. The SMILES string of the molecule is Cc1cc(Br)c(Cl)c2c1NC(=O)C(C)(C)N2. The predicted molar refractivity (Wildman–Crippen MR) is 70.2 cm³/mol. The maximum absolute atomic E-state index is 11.8. The smallest absolute Gasteiger partial charge is 0.249 e. The molecule has 0 aliphatic carbocycles. The molecule has 0 atom stereocenters. The van der Waals surface area contributed by atoms with Crippen LogP contribution in [0, 0.1) is 6.92 Å². The number of nitrogens with one attached hydrogen (secondary N) is 2. The summed E-state index contributed by atoms with van der Waals surface area (Å²) in [5.74, 6) is -0.0542. The van der Waals surface area contributed by atoms with Crippen LogP contribution in [0.1, 0.15) is 19.4 Å². The molecule has 86 valence electrons. The Morgan fingerprint density at radius 2 is 2.00 bits per heavy atom. The van der Waals surface area contributed by atoms with Crippen molar-refractivity contribution in [2.24, 2.45) is 0 Å². The summed E-state index contributed by atoms with van der Waals surface area (Å²) in [5, 5.41) is 6.63. The molecule has 2 N–H and O–H groups in total. The van der Waals surface area contributed by atoms with E-state index in [0.717, 1.165) is 21.4 Å². The molecule has 0 saturated heterocycles. The first kappa shape index (κ1) is 11.7. The standard InChI is InChI=1S/C11H12BrClN2O/c1-5-4-6(12)7(13)9-8(5)14-10(16)11(2,3)15-9/h4,15H,1-3H3,(H,14,16). The molecule has 1 aliphatic heterocycles. The Bertz CT molecular complexity index is 485. The Labute approximate surface area is 108 Å². The molecule has 3 nitrogen and oxygen atoms in total. The third-order valence-corrected chi connectivity index (χ3v) is 3.91. The molecule has 5 heteroatoms. The first-order valence-electron chi connectivity index (χ1n) is 4.91. The zero-order chi connectivity index (χ0) is 12.1. The van der Waals surface area contributed by atoms with Crippen LogP contribution in [0.4, 0.5) is 11.4 Å². The van der Waals surface area contributed by atoms with Crippen LogP contribution in [0.2, 0.25) is 5.02 Å². The summed E-state index contributed by atoms with van der Waals surface area (Å²) in [7, 11) is 0. The lowest BCUT2D eigenvalue weighted by Gasteiger charge is -2.34. The summed E-state index contributed by atoms with van der Waals surface area (Å²) in [6.45, 7) is 5.57. The van der Waals surface area contributed by atoms with E-state index in [2.05, 4.69) is 26.6 Å². The van der Waals surface area contributed by atoms with Crippen LogP contribution in [0.15, 0.2) is 10.5 Å². The van der Waals surface area contributed by atoms with Crippen molar-refractivity contribution < 1.29 is 4.79 Å². The molecule has 2 rings (SSSR count). The molecule has 0 spiro atoms. The van der Waals surface area contributed by atoms with Crippen molar-refractivity contribution in [3.8, 4) is 0 Å². The normalized spacial score (nSPS) is 17.4. The van der Waals surface area contributed by atoms with Crippen LogP contribution < -0.4 is 10.6 Å². The quantitative estimate of drug-likeness (QED) is 0.769. The molecule has 0 saturated carbocycles. The minimum Gasteiger partial charge on any atom is -0.369 e. The highest BCUT2D eigenvalue weighted by atomic mass is 79.9. The van der Waals surface area contributed by atoms with E-state index in [0.29, 0.717) is 5.02 Å². The zero-order valence-electron chi connectivity index (χ0n) is 9.24. The molecular weight excluding hydrogens is 291 g/mol. The van der Waals surface area contributed by atoms with Crippen LogP contribution in [0.3, 0.4) is 0 Å². The number of hydrogen-bond acceptors (Lipinski definition) is 2. The zero-order valence-corrected chi connectivity index (χ0v) is 11.6. The van der Waals surface area contributed by atoms with Gasteiger partial charge in [-0.1, -0.05) is 11.6 Å². The van der Waals surface area contributed by atoms with Gasteiger partial charge < -0.3 is 10.6 Å². The second kappa shape index (κ2) is 3.64. The number of carbonyl (C=O) groups excluding carboxylic acids is 1. The Morgan fingerprint density at radius 1 is 1.38 bits per heavy atom. The third-order valence-electron chi connectivity index (χ3n) is 2.66. The van der Waals surface area contributed by atoms with Gasteiger partial charge in [0.2, 0.25) is 5.91 Å². The summed E-state index contributed by atoms with van der Waals surface area (Å²) in [4.78, 5) is 11.8. The van der Waals surface area contributed by atoms with Crippen molar-refractivity contribution in [2.75, 3.05) is 10.6 Å². The highest BCUT2D eigenvalue weighted by molar-refractivity contribution is 9.10. The number of anilines is 2. The molecule has 16 heavy (non-hydrogen) atoms. The molecule has 1 heterocycles. The van der Waals surface area contributed by atoms with Gasteiger partial charge in [0.05, 0.1) is 16.4 Å². The minimum atomic E-state index is -0.649. The minimum absolute atomic E-state index is 0.0542. The number of halogens is 2. The molecule has 0 fully saturated rings. The van der Waals surface area contributed by atoms with Crippen LogP contribution >= 0.6 is 27.5 Å². The summed E-state index contributed by atoms with van der Waals surface area (Å²) >= 11 is 9.59. The van der Waals surface area contributed by atoms with E-state index in [1.54, 1.807) is 0 Å². The van der Waals surface area contributed by atoms with Gasteiger partial charge in [-0.3, -0.25) is 4.79 Å². The summed E-state index contributed by atoms with van der Waals surface area (Å²) < 4.78 is 0.824. The van der Waals surface area contributed by atoms with Crippen molar-refractivity contribution in [3.05, 3.63) is 21.1 Å². The molecular formula is C11H12BrClN2O. The summed E-state index contributed by atoms with van der Waals surface area (Å²) in [6, 6.07) is 1.89. The number of hydrogen-bond donors (Lipinski definition) is 2. The summed E-state index contributed by atoms with van der Waals surface area (Å²) in [5.41, 5.74) is 1.86. The van der Waals surface area contributed by atoms with Crippen molar-refractivity contribution in [3.63, 3.8) is 0 Å². The maximum atomic E-state index is 11.8. The van der Waals surface area contributed by atoms with Gasteiger partial charge in [-0.15, -0.1) is 0 Å². The Hall–Kier alpha value is -0.740. The van der Waals surface area contributed by atoms with Gasteiger partial charge in [-0.2, -0.15) is 0 Å². The number of amides is 1. The van der Waals surface area contributed by atoms with Gasteiger partial charge in [-0.05, 0) is 48.3 Å². The fourth-order valence-electron chi connectivity index (χ4n) is 1.67. The van der Waals surface area contributed by atoms with E-state index in [9.17, 15) is 4.79 Å². The molecule has 0 bridgehead atoms. The van der Waals surface area contributed by atoms with Gasteiger partial charge in [-0.25, -0.2) is 0 Å². The van der Waals surface area contributed by atoms with Gasteiger partial charge in [0.25, 0.3) is 0 Å². The van der Waals surface area contributed by atoms with E-state index >= 15 is 0 Å². The van der Waals surface area contributed by atoms with Crippen molar-refractivity contribution in [1.82, 2.24) is 0 Å². The van der Waals surface area contributed by atoms with Gasteiger partial charge in [0.1, 0.15) is 5.54 Å². The van der Waals surface area contributed by atoms with Crippen molar-refractivity contribution in [1.29, 1.82) is 0 Å². The average Bonchev–Trinajstić information content (AvgIpc) is 2.18. The van der Waals surface area contributed by atoms with E-state index in [1.165, 1.54) is 0 Å². The second-order valence-electron chi connectivity index (χ2n) is 4.44. The fourth-order valence-corrected chi connectivity index (χ4v) is 2.41. The third kappa shape index (κ3) is 1.70. The van der Waals surface area contributed by atoms with E-state index in [1.807, 2.05) is 26.8 Å². The molecule has 1 amide bonds. The number of fused-ring (bicyclic) bond motifs is 1. The maximum Gasteiger partial charge on any atom is 0.249 e. The van der Waals surface area contributed by atoms with Crippen molar-refractivity contribution >= 4 is 44.8 Å². The molecule has 0 radical (unpaired) electrons. The lowest BCUT2D eigenvalue weighted by atomic mass is 9.98.